The quantitative estimate of drug-likeness (QED) is 0.561. The molecule has 2 N–H and O–H groups in total. The zero-order chi connectivity index (χ0) is 23.0. The lowest BCUT2D eigenvalue weighted by molar-refractivity contribution is -0.130. The highest BCUT2D eigenvalue weighted by atomic mass is 16.2. The Labute approximate surface area is 193 Å². The average molecular weight is 442 g/mol. The van der Waals surface area contributed by atoms with E-state index in [9.17, 15) is 14.4 Å². The van der Waals surface area contributed by atoms with Gasteiger partial charge in [0.1, 0.15) is 6.04 Å². The standard InChI is InChI=1S/C27H27N3O3/c31-24-18-22(19-30(24)17-16-20-10-4-1-5-11-20)26(32)29-25(21-12-6-2-7-13-21)27(33)28-23-14-8-3-9-15-23/h1-15,22,25H,16-19H2,(H,28,33)(H,29,32). The van der Waals surface area contributed by atoms with Crippen molar-refractivity contribution < 1.29 is 14.4 Å². The molecule has 0 aromatic heterocycles. The molecule has 6 heteroatoms. The molecule has 1 heterocycles. The van der Waals surface area contributed by atoms with Crippen molar-refractivity contribution in [1.29, 1.82) is 0 Å². The van der Waals surface area contributed by atoms with Gasteiger partial charge < -0.3 is 15.5 Å². The molecule has 0 saturated carbocycles. The topological polar surface area (TPSA) is 78.5 Å². The highest BCUT2D eigenvalue weighted by molar-refractivity contribution is 5.99. The summed E-state index contributed by atoms with van der Waals surface area (Å²) in [6.45, 7) is 0.933. The minimum Gasteiger partial charge on any atom is -0.342 e. The summed E-state index contributed by atoms with van der Waals surface area (Å²) < 4.78 is 0. The fraction of sp³-hybridized carbons (Fsp3) is 0.222. The van der Waals surface area contributed by atoms with E-state index in [2.05, 4.69) is 10.6 Å². The first kappa shape index (κ1) is 22.3. The molecule has 168 valence electrons. The van der Waals surface area contributed by atoms with Gasteiger partial charge in [-0.05, 0) is 29.7 Å². The van der Waals surface area contributed by atoms with Crippen LogP contribution in [-0.4, -0.2) is 35.7 Å². The summed E-state index contributed by atoms with van der Waals surface area (Å²) in [4.78, 5) is 40.4. The molecule has 6 nitrogen and oxygen atoms in total. The van der Waals surface area contributed by atoms with Crippen molar-refractivity contribution in [2.75, 3.05) is 18.4 Å². The third-order valence-electron chi connectivity index (χ3n) is 5.82. The normalized spacial score (nSPS) is 16.3. The number of amides is 3. The Morgan fingerprint density at radius 1 is 0.879 bits per heavy atom. The monoisotopic (exact) mass is 441 g/mol. The molecular formula is C27H27N3O3. The summed E-state index contributed by atoms with van der Waals surface area (Å²) in [6, 6.07) is 27.4. The zero-order valence-electron chi connectivity index (χ0n) is 18.3. The van der Waals surface area contributed by atoms with Crippen LogP contribution in [0.1, 0.15) is 23.6 Å². The number of hydrogen-bond acceptors (Lipinski definition) is 3. The Hall–Kier alpha value is -3.93. The Morgan fingerprint density at radius 2 is 1.48 bits per heavy atom. The second-order valence-corrected chi connectivity index (χ2v) is 8.18. The minimum atomic E-state index is -0.854. The predicted molar refractivity (Wildman–Crippen MR) is 127 cm³/mol. The number of rotatable bonds is 8. The summed E-state index contributed by atoms with van der Waals surface area (Å²) >= 11 is 0. The average Bonchev–Trinajstić information content (AvgIpc) is 3.23. The van der Waals surface area contributed by atoms with Crippen molar-refractivity contribution in [2.45, 2.75) is 18.9 Å². The molecule has 3 aromatic carbocycles. The Kier molecular flexibility index (Phi) is 7.15. The van der Waals surface area contributed by atoms with E-state index in [1.165, 1.54) is 0 Å². The molecule has 0 radical (unpaired) electrons. The van der Waals surface area contributed by atoms with Crippen LogP contribution in [0.2, 0.25) is 0 Å². The van der Waals surface area contributed by atoms with Crippen molar-refractivity contribution in [3.63, 3.8) is 0 Å². The summed E-state index contributed by atoms with van der Waals surface area (Å²) in [5.74, 6) is -1.13. The molecule has 0 aliphatic carbocycles. The highest BCUT2D eigenvalue weighted by Crippen LogP contribution is 2.22. The first-order chi connectivity index (χ1) is 16.1. The smallest absolute Gasteiger partial charge is 0.251 e. The van der Waals surface area contributed by atoms with Gasteiger partial charge in [0.2, 0.25) is 11.8 Å². The molecule has 4 rings (SSSR count). The lowest BCUT2D eigenvalue weighted by atomic mass is 10.0. The largest absolute Gasteiger partial charge is 0.342 e. The predicted octanol–water partition coefficient (Wildman–Crippen LogP) is 3.57. The van der Waals surface area contributed by atoms with Crippen molar-refractivity contribution in [3.8, 4) is 0 Å². The van der Waals surface area contributed by atoms with Crippen LogP contribution in [0.15, 0.2) is 91.0 Å². The molecule has 1 fully saturated rings. The fourth-order valence-corrected chi connectivity index (χ4v) is 4.01. The first-order valence-corrected chi connectivity index (χ1v) is 11.1. The van der Waals surface area contributed by atoms with Gasteiger partial charge in [0.15, 0.2) is 0 Å². The van der Waals surface area contributed by atoms with E-state index in [1.54, 1.807) is 17.0 Å². The SMILES string of the molecule is O=C(NC(C(=O)Nc1ccccc1)c1ccccc1)C1CC(=O)N(CCc2ccccc2)C1. The van der Waals surface area contributed by atoms with Gasteiger partial charge in [-0.3, -0.25) is 14.4 Å². The van der Waals surface area contributed by atoms with Gasteiger partial charge in [0.25, 0.3) is 5.91 Å². The Balaban J connectivity index is 1.41. The van der Waals surface area contributed by atoms with E-state index in [1.807, 2.05) is 78.9 Å². The molecule has 1 aliphatic rings. The van der Waals surface area contributed by atoms with E-state index >= 15 is 0 Å². The number of likely N-dealkylation sites (tertiary alicyclic amines) is 1. The van der Waals surface area contributed by atoms with E-state index in [4.69, 9.17) is 0 Å². The van der Waals surface area contributed by atoms with Crippen molar-refractivity contribution in [1.82, 2.24) is 10.2 Å². The summed E-state index contributed by atoms with van der Waals surface area (Å²) in [5.41, 5.74) is 2.49. The van der Waals surface area contributed by atoms with Gasteiger partial charge in [-0.25, -0.2) is 0 Å². The van der Waals surface area contributed by atoms with Gasteiger partial charge in [-0.1, -0.05) is 78.9 Å². The van der Waals surface area contributed by atoms with Crippen molar-refractivity contribution in [2.24, 2.45) is 5.92 Å². The molecule has 3 amide bonds. The van der Waals surface area contributed by atoms with E-state index in [0.29, 0.717) is 24.3 Å². The minimum absolute atomic E-state index is 0.0314. The molecule has 33 heavy (non-hydrogen) atoms. The number of nitrogens with zero attached hydrogens (tertiary/aromatic N) is 1. The van der Waals surface area contributed by atoms with Crippen molar-refractivity contribution >= 4 is 23.4 Å². The van der Waals surface area contributed by atoms with Gasteiger partial charge in [-0.2, -0.15) is 0 Å². The second kappa shape index (κ2) is 10.6. The molecule has 1 saturated heterocycles. The lowest BCUT2D eigenvalue weighted by Gasteiger charge is -2.21. The van der Waals surface area contributed by atoms with Gasteiger partial charge in [0.05, 0.1) is 5.92 Å². The molecule has 0 spiro atoms. The fourth-order valence-electron chi connectivity index (χ4n) is 4.01. The molecule has 2 unspecified atom stereocenters. The van der Waals surface area contributed by atoms with Gasteiger partial charge in [0, 0.05) is 25.2 Å². The Bertz CT molecular complexity index is 1090. The number of nitrogens with one attached hydrogen (secondary N) is 2. The summed E-state index contributed by atoms with van der Waals surface area (Å²) in [5, 5.41) is 5.74. The first-order valence-electron chi connectivity index (χ1n) is 11.1. The van der Waals surface area contributed by atoms with Crippen LogP contribution in [-0.2, 0) is 20.8 Å². The second-order valence-electron chi connectivity index (χ2n) is 8.18. The van der Waals surface area contributed by atoms with Crippen LogP contribution in [0.25, 0.3) is 0 Å². The summed E-state index contributed by atoms with van der Waals surface area (Å²) in [6.07, 6.45) is 0.898. The number of benzene rings is 3. The maximum Gasteiger partial charge on any atom is 0.251 e. The lowest BCUT2D eigenvalue weighted by Crippen LogP contribution is -2.41. The molecule has 1 aliphatic heterocycles. The number of para-hydroxylation sites is 1. The van der Waals surface area contributed by atoms with Crippen LogP contribution < -0.4 is 10.6 Å². The third-order valence-corrected chi connectivity index (χ3v) is 5.82. The molecule has 0 bridgehead atoms. The molecule has 2 atom stereocenters. The zero-order valence-corrected chi connectivity index (χ0v) is 18.3. The number of carbonyl (C=O) groups is 3. The van der Waals surface area contributed by atoms with Crippen LogP contribution >= 0.6 is 0 Å². The van der Waals surface area contributed by atoms with Crippen LogP contribution in [0.3, 0.4) is 0 Å². The van der Waals surface area contributed by atoms with Crippen LogP contribution in [0.4, 0.5) is 5.69 Å². The maximum absolute atomic E-state index is 13.1. The van der Waals surface area contributed by atoms with E-state index in [-0.39, 0.29) is 24.1 Å². The Morgan fingerprint density at radius 3 is 2.15 bits per heavy atom. The van der Waals surface area contributed by atoms with E-state index in [0.717, 1.165) is 12.0 Å². The third kappa shape index (κ3) is 5.86. The van der Waals surface area contributed by atoms with Crippen LogP contribution in [0, 0.1) is 5.92 Å². The maximum atomic E-state index is 13.1. The molecule has 3 aromatic rings. The van der Waals surface area contributed by atoms with Gasteiger partial charge in [-0.15, -0.1) is 0 Å². The van der Waals surface area contributed by atoms with Crippen LogP contribution in [0.5, 0.6) is 0 Å². The summed E-state index contributed by atoms with van der Waals surface area (Å²) in [7, 11) is 0. The number of carbonyl (C=O) groups excluding carboxylic acids is 3. The number of hydrogen-bond donors (Lipinski definition) is 2. The van der Waals surface area contributed by atoms with Gasteiger partial charge >= 0.3 is 0 Å². The number of anilines is 1. The van der Waals surface area contributed by atoms with Crippen molar-refractivity contribution in [3.05, 3.63) is 102 Å². The molecular weight excluding hydrogens is 414 g/mol. The highest BCUT2D eigenvalue weighted by Gasteiger charge is 2.36. The van der Waals surface area contributed by atoms with E-state index < -0.39 is 12.0 Å².